The summed E-state index contributed by atoms with van der Waals surface area (Å²) >= 11 is 0. The Morgan fingerprint density at radius 1 is 1.16 bits per heavy atom. The number of nitrogens with zero attached hydrogens (tertiary/aromatic N) is 6. The number of hydrogen-bond donors (Lipinski definition) is 0. The summed E-state index contributed by atoms with van der Waals surface area (Å²) in [6.07, 6.45) is 8.32. The van der Waals surface area contributed by atoms with Crippen LogP contribution in [0.25, 0.3) is 11.1 Å². The highest BCUT2D eigenvalue weighted by Crippen LogP contribution is 2.38. The number of aryl methyl sites for hydroxylation is 3. The molecule has 0 aliphatic carbocycles. The summed E-state index contributed by atoms with van der Waals surface area (Å²) in [5.74, 6) is 1.12. The standard InChI is InChI=1S/C23H28N6O2/c1-14-12-24-10-9-17(14)18-13-25-23(28(4)5)26-21(18)19-8-6-7-11-29(19)22(30)20-15(2)27-31-16(20)3/h9-10,12-13,19H,6-8,11H2,1-5H3. The Morgan fingerprint density at radius 2 is 1.97 bits per heavy atom. The fourth-order valence-corrected chi connectivity index (χ4v) is 4.23. The molecule has 1 saturated heterocycles. The van der Waals surface area contributed by atoms with Crippen molar-refractivity contribution in [3.63, 3.8) is 0 Å². The van der Waals surface area contributed by atoms with Crippen LogP contribution in [0.2, 0.25) is 0 Å². The van der Waals surface area contributed by atoms with Gasteiger partial charge in [-0.2, -0.15) is 0 Å². The van der Waals surface area contributed by atoms with Crippen molar-refractivity contribution in [1.82, 2.24) is 25.0 Å². The average molecular weight is 421 g/mol. The Balaban J connectivity index is 1.84. The van der Waals surface area contributed by atoms with E-state index < -0.39 is 0 Å². The largest absolute Gasteiger partial charge is 0.361 e. The minimum absolute atomic E-state index is 0.0524. The van der Waals surface area contributed by atoms with E-state index in [1.54, 1.807) is 13.1 Å². The molecule has 0 bridgehead atoms. The first-order chi connectivity index (χ1) is 14.9. The van der Waals surface area contributed by atoms with E-state index in [-0.39, 0.29) is 11.9 Å². The van der Waals surface area contributed by atoms with Crippen LogP contribution in [0.5, 0.6) is 0 Å². The van der Waals surface area contributed by atoms with E-state index in [0.29, 0.717) is 29.5 Å². The summed E-state index contributed by atoms with van der Waals surface area (Å²) in [6, 6.07) is 1.83. The number of likely N-dealkylation sites (tertiary alicyclic amines) is 1. The number of rotatable bonds is 4. The number of anilines is 1. The van der Waals surface area contributed by atoms with Crippen LogP contribution >= 0.6 is 0 Å². The van der Waals surface area contributed by atoms with Gasteiger partial charge in [0.05, 0.1) is 17.4 Å². The lowest BCUT2D eigenvalue weighted by Crippen LogP contribution is -2.39. The second-order valence-corrected chi connectivity index (χ2v) is 8.26. The lowest BCUT2D eigenvalue weighted by Gasteiger charge is -2.36. The molecule has 1 amide bonds. The Morgan fingerprint density at radius 3 is 2.65 bits per heavy atom. The zero-order valence-corrected chi connectivity index (χ0v) is 18.7. The monoisotopic (exact) mass is 420 g/mol. The van der Waals surface area contributed by atoms with Gasteiger partial charge in [-0.15, -0.1) is 0 Å². The second kappa shape index (κ2) is 8.45. The first-order valence-corrected chi connectivity index (χ1v) is 10.6. The molecule has 0 aromatic carbocycles. The van der Waals surface area contributed by atoms with Crippen LogP contribution in [-0.2, 0) is 0 Å². The van der Waals surface area contributed by atoms with Crippen molar-refractivity contribution in [3.8, 4) is 11.1 Å². The van der Waals surface area contributed by atoms with Crippen molar-refractivity contribution in [2.75, 3.05) is 25.5 Å². The van der Waals surface area contributed by atoms with Gasteiger partial charge in [0.1, 0.15) is 11.3 Å². The zero-order valence-electron chi connectivity index (χ0n) is 18.7. The van der Waals surface area contributed by atoms with E-state index in [1.165, 1.54) is 0 Å². The third-order valence-corrected chi connectivity index (χ3v) is 5.84. The number of pyridine rings is 1. The predicted molar refractivity (Wildman–Crippen MR) is 118 cm³/mol. The molecule has 31 heavy (non-hydrogen) atoms. The van der Waals surface area contributed by atoms with Crippen molar-refractivity contribution in [1.29, 1.82) is 0 Å². The molecule has 4 heterocycles. The van der Waals surface area contributed by atoms with E-state index in [9.17, 15) is 4.79 Å². The molecule has 1 aliphatic heterocycles. The first-order valence-electron chi connectivity index (χ1n) is 10.6. The van der Waals surface area contributed by atoms with E-state index in [2.05, 4.69) is 15.1 Å². The van der Waals surface area contributed by atoms with Crippen molar-refractivity contribution in [2.45, 2.75) is 46.1 Å². The van der Waals surface area contributed by atoms with E-state index in [4.69, 9.17) is 9.51 Å². The average Bonchev–Trinajstić information content (AvgIpc) is 3.11. The van der Waals surface area contributed by atoms with Gasteiger partial charge in [0.15, 0.2) is 0 Å². The number of carbonyl (C=O) groups excluding carboxylic acids is 1. The van der Waals surface area contributed by atoms with E-state index >= 15 is 0 Å². The van der Waals surface area contributed by atoms with Gasteiger partial charge in [0.2, 0.25) is 5.95 Å². The number of piperidine rings is 1. The van der Waals surface area contributed by atoms with Crippen LogP contribution in [0.4, 0.5) is 5.95 Å². The van der Waals surface area contributed by atoms with Gasteiger partial charge in [-0.25, -0.2) is 9.97 Å². The summed E-state index contributed by atoms with van der Waals surface area (Å²) in [7, 11) is 3.84. The normalized spacial score (nSPS) is 16.4. The molecule has 4 rings (SSSR count). The molecule has 1 atom stereocenters. The second-order valence-electron chi connectivity index (χ2n) is 8.26. The molecular weight excluding hydrogens is 392 g/mol. The maximum atomic E-state index is 13.6. The summed E-state index contributed by atoms with van der Waals surface area (Å²) in [4.78, 5) is 31.1. The molecule has 0 saturated carbocycles. The van der Waals surface area contributed by atoms with Crippen molar-refractivity contribution >= 4 is 11.9 Å². The number of hydrogen-bond acceptors (Lipinski definition) is 7. The summed E-state index contributed by atoms with van der Waals surface area (Å²) < 4.78 is 5.27. The number of amides is 1. The van der Waals surface area contributed by atoms with Crippen molar-refractivity contribution < 1.29 is 9.32 Å². The van der Waals surface area contributed by atoms with Crippen LogP contribution in [0.1, 0.15) is 58.4 Å². The summed E-state index contributed by atoms with van der Waals surface area (Å²) in [5, 5.41) is 3.98. The van der Waals surface area contributed by atoms with Crippen molar-refractivity contribution in [3.05, 3.63) is 52.9 Å². The van der Waals surface area contributed by atoms with Gasteiger partial charge >= 0.3 is 0 Å². The molecule has 3 aromatic rings. The topological polar surface area (TPSA) is 88.3 Å². The van der Waals surface area contributed by atoms with Gasteiger partial charge in [0.25, 0.3) is 5.91 Å². The Hall–Kier alpha value is -3.29. The molecule has 8 heteroatoms. The number of carbonyl (C=O) groups is 1. The van der Waals surface area contributed by atoms with Gasteiger partial charge in [-0.05, 0) is 57.2 Å². The lowest BCUT2D eigenvalue weighted by atomic mass is 9.92. The molecule has 0 spiro atoms. The quantitative estimate of drug-likeness (QED) is 0.633. The fourth-order valence-electron chi connectivity index (χ4n) is 4.23. The highest BCUT2D eigenvalue weighted by Gasteiger charge is 2.34. The summed E-state index contributed by atoms with van der Waals surface area (Å²) in [5.41, 5.74) is 5.06. The molecule has 162 valence electrons. The van der Waals surface area contributed by atoms with Crippen LogP contribution in [-0.4, -0.2) is 51.6 Å². The lowest BCUT2D eigenvalue weighted by molar-refractivity contribution is 0.0604. The third kappa shape index (κ3) is 3.89. The first kappa shape index (κ1) is 21.0. The predicted octanol–water partition coefficient (Wildman–Crippen LogP) is 3.89. The van der Waals surface area contributed by atoms with Crippen LogP contribution < -0.4 is 4.90 Å². The van der Waals surface area contributed by atoms with Crippen LogP contribution in [0.3, 0.4) is 0 Å². The maximum Gasteiger partial charge on any atom is 0.259 e. The molecule has 3 aromatic heterocycles. The molecule has 1 aliphatic rings. The minimum atomic E-state index is -0.154. The van der Waals surface area contributed by atoms with Gasteiger partial charge in [-0.3, -0.25) is 9.78 Å². The fraction of sp³-hybridized carbons (Fsp3) is 0.435. The molecule has 0 N–H and O–H groups in total. The Kier molecular flexibility index (Phi) is 5.71. The minimum Gasteiger partial charge on any atom is -0.361 e. The van der Waals surface area contributed by atoms with Gasteiger partial charge in [0, 0.05) is 44.8 Å². The Bertz CT molecular complexity index is 1090. The number of aromatic nitrogens is 4. The highest BCUT2D eigenvalue weighted by molar-refractivity contribution is 5.96. The van der Waals surface area contributed by atoms with Gasteiger partial charge < -0.3 is 14.3 Å². The SMILES string of the molecule is Cc1cnccc1-c1cnc(N(C)C)nc1C1CCCCN1C(=O)c1c(C)noc1C. The molecule has 0 radical (unpaired) electrons. The Labute approximate surface area is 182 Å². The molecular formula is C23H28N6O2. The van der Waals surface area contributed by atoms with Crippen LogP contribution in [0, 0.1) is 20.8 Å². The molecule has 1 unspecified atom stereocenters. The molecule has 1 fully saturated rings. The maximum absolute atomic E-state index is 13.6. The third-order valence-electron chi connectivity index (χ3n) is 5.84. The zero-order chi connectivity index (χ0) is 22.1. The summed E-state index contributed by atoms with van der Waals surface area (Å²) in [6.45, 7) is 6.29. The smallest absolute Gasteiger partial charge is 0.259 e. The van der Waals surface area contributed by atoms with Crippen molar-refractivity contribution in [2.24, 2.45) is 0 Å². The van der Waals surface area contributed by atoms with E-state index in [0.717, 1.165) is 41.6 Å². The van der Waals surface area contributed by atoms with Gasteiger partial charge in [-0.1, -0.05) is 5.16 Å². The van der Waals surface area contributed by atoms with E-state index in [1.807, 2.05) is 56.2 Å². The van der Waals surface area contributed by atoms with Crippen LogP contribution in [0.15, 0.2) is 29.2 Å². The molecule has 8 nitrogen and oxygen atoms in total. The highest BCUT2D eigenvalue weighted by atomic mass is 16.5.